The van der Waals surface area contributed by atoms with Crippen LogP contribution in [0.25, 0.3) is 5.65 Å². The Bertz CT molecular complexity index is 1180. The summed E-state index contributed by atoms with van der Waals surface area (Å²) < 4.78 is 1.50. The molecule has 7 nitrogen and oxygen atoms in total. The Morgan fingerprint density at radius 2 is 2.11 bits per heavy atom. The van der Waals surface area contributed by atoms with Gasteiger partial charge in [0.2, 0.25) is 0 Å². The first-order valence-electron chi connectivity index (χ1n) is 9.69. The molecule has 3 heterocycles. The summed E-state index contributed by atoms with van der Waals surface area (Å²) in [5.74, 6) is 0.340. The largest absolute Gasteiger partial charge is 0.398 e. The van der Waals surface area contributed by atoms with Gasteiger partial charge in [0.15, 0.2) is 5.65 Å². The highest BCUT2D eigenvalue weighted by Crippen LogP contribution is 2.61. The average Bonchev–Trinajstić information content (AvgIpc) is 3.30. The number of nitrogen functional groups attached to an aromatic ring is 1. The van der Waals surface area contributed by atoms with E-state index in [4.69, 9.17) is 5.73 Å². The maximum absolute atomic E-state index is 13.4. The molecule has 5 rings (SSSR count). The van der Waals surface area contributed by atoms with Crippen LogP contribution in [-0.2, 0) is 5.54 Å². The molecule has 28 heavy (non-hydrogen) atoms. The first-order valence-corrected chi connectivity index (χ1v) is 9.69. The standard InChI is InChI=1S/C21H23N5O2/c1-12-13(2)23-18-10-17(24-26(18)19(12)27)21-11-14(21)6-5-9-25(21)20(28)15-7-3-4-8-16(15)22/h3-4,7-8,10,14,24H,5-6,9,11,22H2,1-2H3/t14-,21?/m0/s1. The predicted octanol–water partition coefficient (Wildman–Crippen LogP) is 2.37. The molecule has 0 radical (unpaired) electrons. The number of likely N-dealkylation sites (tertiary alicyclic amines) is 1. The lowest BCUT2D eigenvalue weighted by atomic mass is 9.97. The highest BCUT2D eigenvalue weighted by atomic mass is 16.2. The number of nitrogens with two attached hydrogens (primary N) is 1. The van der Waals surface area contributed by atoms with Crippen molar-refractivity contribution in [3.63, 3.8) is 0 Å². The van der Waals surface area contributed by atoms with Crippen LogP contribution < -0.4 is 11.3 Å². The first-order chi connectivity index (χ1) is 13.4. The minimum Gasteiger partial charge on any atom is -0.398 e. The van der Waals surface area contributed by atoms with Crippen molar-refractivity contribution in [3.05, 3.63) is 63.2 Å². The van der Waals surface area contributed by atoms with Crippen LogP contribution in [0.4, 0.5) is 5.69 Å². The Kier molecular flexibility index (Phi) is 3.47. The van der Waals surface area contributed by atoms with Crippen LogP contribution in [0.1, 0.15) is 46.6 Å². The van der Waals surface area contributed by atoms with Crippen LogP contribution >= 0.6 is 0 Å². The van der Waals surface area contributed by atoms with Gasteiger partial charge in [-0.15, -0.1) is 0 Å². The van der Waals surface area contributed by atoms with Crippen LogP contribution in [0.2, 0.25) is 0 Å². The molecular formula is C21H23N5O2. The monoisotopic (exact) mass is 377 g/mol. The number of H-pyrrole nitrogens is 1. The fourth-order valence-electron chi connectivity index (χ4n) is 4.72. The molecule has 0 spiro atoms. The van der Waals surface area contributed by atoms with Gasteiger partial charge in [-0.3, -0.25) is 14.7 Å². The lowest BCUT2D eigenvalue weighted by Gasteiger charge is -2.36. The second kappa shape index (κ2) is 5.70. The number of nitrogens with zero attached hydrogens (tertiary/aromatic N) is 3. The van der Waals surface area contributed by atoms with E-state index < -0.39 is 5.54 Å². The number of fused-ring (bicyclic) bond motifs is 2. The molecule has 1 saturated heterocycles. The molecule has 2 atom stereocenters. The molecule has 1 amide bonds. The number of piperidine rings is 1. The molecule has 144 valence electrons. The van der Waals surface area contributed by atoms with Crippen molar-refractivity contribution in [1.82, 2.24) is 19.5 Å². The summed E-state index contributed by atoms with van der Waals surface area (Å²) in [6, 6.07) is 9.13. The summed E-state index contributed by atoms with van der Waals surface area (Å²) in [4.78, 5) is 32.5. The van der Waals surface area contributed by atoms with Crippen molar-refractivity contribution < 1.29 is 4.79 Å². The van der Waals surface area contributed by atoms with Gasteiger partial charge < -0.3 is 10.6 Å². The summed E-state index contributed by atoms with van der Waals surface area (Å²) in [5, 5.41) is 3.25. The molecule has 3 N–H and O–H groups in total. The van der Waals surface area contributed by atoms with Gasteiger partial charge in [-0.25, -0.2) is 9.50 Å². The zero-order valence-corrected chi connectivity index (χ0v) is 16.0. The number of carbonyl (C=O) groups excluding carboxylic acids is 1. The summed E-state index contributed by atoms with van der Waals surface area (Å²) >= 11 is 0. The Hall–Kier alpha value is -3.09. The number of hydrogen-bond donors (Lipinski definition) is 2. The molecule has 1 aromatic carbocycles. The van der Waals surface area contributed by atoms with E-state index in [0.717, 1.165) is 30.7 Å². The number of rotatable bonds is 2. The van der Waals surface area contributed by atoms with Crippen LogP contribution in [0.5, 0.6) is 0 Å². The van der Waals surface area contributed by atoms with Crippen LogP contribution in [0.15, 0.2) is 35.1 Å². The molecule has 1 aliphatic carbocycles. The Balaban J connectivity index is 1.63. The molecule has 1 unspecified atom stereocenters. The van der Waals surface area contributed by atoms with E-state index in [-0.39, 0.29) is 11.5 Å². The fraction of sp³-hybridized carbons (Fsp3) is 0.381. The van der Waals surface area contributed by atoms with Crippen molar-refractivity contribution in [3.8, 4) is 0 Å². The van der Waals surface area contributed by atoms with Gasteiger partial charge in [0.1, 0.15) is 0 Å². The van der Waals surface area contributed by atoms with Crippen LogP contribution in [0, 0.1) is 19.8 Å². The molecule has 2 aliphatic rings. The number of aryl methyl sites for hydroxylation is 1. The van der Waals surface area contributed by atoms with Crippen molar-refractivity contribution >= 4 is 17.2 Å². The summed E-state index contributed by atoms with van der Waals surface area (Å²) in [6.45, 7) is 4.31. The number of para-hydroxylation sites is 1. The maximum Gasteiger partial charge on any atom is 0.275 e. The molecule has 0 bridgehead atoms. The average molecular weight is 377 g/mol. The smallest absolute Gasteiger partial charge is 0.275 e. The van der Waals surface area contributed by atoms with Gasteiger partial charge in [-0.2, -0.15) is 0 Å². The van der Waals surface area contributed by atoms with Crippen molar-refractivity contribution in [1.29, 1.82) is 0 Å². The van der Waals surface area contributed by atoms with Crippen molar-refractivity contribution in [2.75, 3.05) is 12.3 Å². The summed E-state index contributed by atoms with van der Waals surface area (Å²) in [7, 11) is 0. The Morgan fingerprint density at radius 3 is 2.89 bits per heavy atom. The Morgan fingerprint density at radius 1 is 1.32 bits per heavy atom. The third-order valence-electron chi connectivity index (χ3n) is 6.48. The third-order valence-corrected chi connectivity index (χ3v) is 6.48. The minimum atomic E-state index is -0.403. The van der Waals surface area contributed by atoms with E-state index in [1.54, 1.807) is 19.1 Å². The molecule has 2 fully saturated rings. The molecule has 7 heteroatoms. The van der Waals surface area contributed by atoms with Gasteiger partial charge >= 0.3 is 0 Å². The second-order valence-corrected chi connectivity index (χ2v) is 8.00. The summed E-state index contributed by atoms with van der Waals surface area (Å²) in [6.07, 6.45) is 2.94. The van der Waals surface area contributed by atoms with Gasteiger partial charge in [0, 0.05) is 29.6 Å². The zero-order chi connectivity index (χ0) is 19.6. The number of nitrogens with one attached hydrogen (secondary N) is 1. The second-order valence-electron chi connectivity index (χ2n) is 8.00. The molecule has 1 aliphatic heterocycles. The van der Waals surface area contributed by atoms with Crippen molar-refractivity contribution in [2.45, 2.75) is 38.6 Å². The molecule has 3 aromatic rings. The van der Waals surface area contributed by atoms with E-state index in [2.05, 4.69) is 10.1 Å². The number of aromatic amines is 1. The minimum absolute atomic E-state index is 0.0494. The summed E-state index contributed by atoms with van der Waals surface area (Å²) in [5.41, 5.74) is 9.44. The number of amides is 1. The quantitative estimate of drug-likeness (QED) is 0.670. The molecule has 1 saturated carbocycles. The van der Waals surface area contributed by atoms with E-state index in [1.807, 2.05) is 30.0 Å². The topological polar surface area (TPSA) is 96.5 Å². The lowest BCUT2D eigenvalue weighted by molar-refractivity contribution is 0.0560. The highest BCUT2D eigenvalue weighted by molar-refractivity contribution is 6.00. The fourth-order valence-corrected chi connectivity index (χ4v) is 4.72. The van der Waals surface area contributed by atoms with Gasteiger partial charge in [0.25, 0.3) is 11.5 Å². The third kappa shape index (κ3) is 2.19. The molecular weight excluding hydrogens is 354 g/mol. The maximum atomic E-state index is 13.4. The van der Waals surface area contributed by atoms with Gasteiger partial charge in [-0.05, 0) is 51.2 Å². The number of carbonyl (C=O) groups is 1. The number of hydrogen-bond acceptors (Lipinski definition) is 4. The van der Waals surface area contributed by atoms with E-state index in [1.165, 1.54) is 4.52 Å². The predicted molar refractivity (Wildman–Crippen MR) is 106 cm³/mol. The van der Waals surface area contributed by atoms with Crippen LogP contribution in [-0.4, -0.2) is 31.9 Å². The highest BCUT2D eigenvalue weighted by Gasteiger charge is 2.63. The number of anilines is 1. The number of benzene rings is 1. The number of aromatic nitrogens is 3. The zero-order valence-electron chi connectivity index (χ0n) is 16.0. The Labute approximate surface area is 162 Å². The van der Waals surface area contributed by atoms with E-state index in [0.29, 0.717) is 34.9 Å². The SMILES string of the molecule is Cc1nc2cc(C34C[C@@H]3CCCN4C(=O)c3ccccc3N)[nH]n2c(=O)c1C. The van der Waals surface area contributed by atoms with E-state index in [9.17, 15) is 9.59 Å². The first kappa shape index (κ1) is 17.0. The normalized spacial score (nSPS) is 23.6. The van der Waals surface area contributed by atoms with Gasteiger partial charge in [-0.1, -0.05) is 12.1 Å². The van der Waals surface area contributed by atoms with Gasteiger partial charge in [0.05, 0.1) is 16.8 Å². The van der Waals surface area contributed by atoms with E-state index >= 15 is 0 Å². The lowest BCUT2D eigenvalue weighted by Crippen LogP contribution is -2.45. The molecule has 2 aromatic heterocycles. The van der Waals surface area contributed by atoms with Crippen LogP contribution in [0.3, 0.4) is 0 Å². The van der Waals surface area contributed by atoms with Crippen molar-refractivity contribution in [2.24, 2.45) is 5.92 Å².